The van der Waals surface area contributed by atoms with E-state index in [0.717, 1.165) is 66.3 Å². The van der Waals surface area contributed by atoms with Crippen molar-refractivity contribution in [2.24, 2.45) is 30.0 Å². The Kier molecular flexibility index (Phi) is 6.91. The summed E-state index contributed by atoms with van der Waals surface area (Å²) in [4.78, 5) is 28.4. The number of hydrogen-bond acceptors (Lipinski definition) is 6. The molecule has 0 amide bonds. The van der Waals surface area contributed by atoms with Gasteiger partial charge in [0, 0.05) is 63.3 Å². The van der Waals surface area contributed by atoms with Crippen LogP contribution in [0.5, 0.6) is 0 Å². The second kappa shape index (κ2) is 12.6. The normalized spacial score (nSPS) is 12.8. The molecule has 6 aliphatic heterocycles. The Morgan fingerprint density at radius 2 is 0.617 bits per heavy atom. The van der Waals surface area contributed by atoms with Gasteiger partial charge < -0.3 is 0 Å². The van der Waals surface area contributed by atoms with Gasteiger partial charge in [0.25, 0.3) is 0 Å². The van der Waals surface area contributed by atoms with E-state index >= 15 is 0 Å². The Morgan fingerprint density at radius 1 is 0.217 bits per heavy atom. The van der Waals surface area contributed by atoms with Crippen molar-refractivity contribution in [1.82, 2.24) is 0 Å². The van der Waals surface area contributed by atoms with E-state index in [-0.39, 0.29) is 0 Å². The second-order valence-corrected chi connectivity index (χ2v) is 15.4. The van der Waals surface area contributed by atoms with E-state index in [1.165, 1.54) is 63.3 Å². The Balaban J connectivity index is 0.0000000926. The standard InChI is InChI=1S/3C18H10N2/c1-3-7-15-11(5-1)13-9-14-12-6-2-4-8-16(12)20-18(14)10-17(13)19-15;1-3-7-15-11(5-1)13-9-10-14-12-6-2-4-8-16(12)20-18(14)17(13)19-15;1-3-7-13-11(5-1)17-15(19-13)9-10-16-18(17)12-6-2-4-8-14(12)20-16/h3*1-10H. The van der Waals surface area contributed by atoms with E-state index in [9.17, 15) is 0 Å². The topological polar surface area (TPSA) is 74.2 Å². The van der Waals surface area contributed by atoms with Crippen LogP contribution in [-0.2, 0) is 0 Å². The van der Waals surface area contributed by atoms with Crippen molar-refractivity contribution in [3.05, 3.63) is 266 Å². The quantitative estimate of drug-likeness (QED) is 0.148. The molecule has 0 radical (unpaired) electrons. The first-order valence-electron chi connectivity index (χ1n) is 20.1. The minimum absolute atomic E-state index is 1.01. The summed E-state index contributed by atoms with van der Waals surface area (Å²) in [6.45, 7) is 0. The maximum absolute atomic E-state index is 4.78. The van der Waals surface area contributed by atoms with Crippen LogP contribution in [0.4, 0.5) is 34.1 Å². The molecule has 6 heteroatoms. The van der Waals surface area contributed by atoms with Crippen LogP contribution in [0.3, 0.4) is 0 Å². The predicted molar refractivity (Wildman–Crippen MR) is 230 cm³/mol. The minimum Gasteiger partial charge on any atom is -0.248 e. The fourth-order valence-electron chi connectivity index (χ4n) is 9.27. The number of fused-ring (bicyclic) bond motifs is 15. The van der Waals surface area contributed by atoms with Gasteiger partial charge in [-0.2, -0.15) is 0 Å². The molecule has 0 N–H and O–H groups in total. The van der Waals surface area contributed by atoms with Crippen LogP contribution in [0.1, 0.15) is 0 Å². The van der Waals surface area contributed by atoms with Gasteiger partial charge in [-0.1, -0.05) is 121 Å². The van der Waals surface area contributed by atoms with E-state index in [2.05, 4.69) is 146 Å². The van der Waals surface area contributed by atoms with Crippen LogP contribution in [-0.4, -0.2) is 0 Å². The van der Waals surface area contributed by atoms with Crippen molar-refractivity contribution >= 4 is 34.1 Å². The van der Waals surface area contributed by atoms with Gasteiger partial charge in [-0.3, -0.25) is 0 Å². The average molecular weight is 763 g/mol. The Morgan fingerprint density at radius 3 is 1.17 bits per heavy atom. The van der Waals surface area contributed by atoms with E-state index < -0.39 is 0 Å². The van der Waals surface area contributed by atoms with Crippen LogP contribution in [0, 0.1) is 52.2 Å². The number of benzene rings is 9. The molecule has 0 saturated heterocycles. The minimum atomic E-state index is 1.01. The third kappa shape index (κ3) is 4.88. The lowest BCUT2D eigenvalue weighted by atomic mass is 10.0. The van der Waals surface area contributed by atoms with Crippen molar-refractivity contribution in [2.75, 3.05) is 0 Å². The molecule has 60 heavy (non-hydrogen) atoms. The summed E-state index contributed by atoms with van der Waals surface area (Å²) in [6, 6.07) is 62.6. The van der Waals surface area contributed by atoms with E-state index in [0.29, 0.717) is 0 Å². The molecular formula is C54H30N6. The van der Waals surface area contributed by atoms with Crippen LogP contribution in [0.2, 0.25) is 0 Å². The first kappa shape index (κ1) is 32.8. The lowest BCUT2D eigenvalue weighted by Gasteiger charge is -1.98. The van der Waals surface area contributed by atoms with Crippen molar-refractivity contribution in [3.8, 4) is 11.1 Å². The first-order chi connectivity index (χ1) is 29.7. The largest absolute Gasteiger partial charge is 0.248 e. The highest BCUT2D eigenvalue weighted by Gasteiger charge is 2.17. The van der Waals surface area contributed by atoms with Crippen LogP contribution >= 0.6 is 0 Å². The summed E-state index contributed by atoms with van der Waals surface area (Å²) in [5.41, 5.74) is 8.65. The second-order valence-electron chi connectivity index (χ2n) is 15.4. The zero-order chi connectivity index (χ0) is 39.3. The van der Waals surface area contributed by atoms with Crippen molar-refractivity contribution in [2.45, 2.75) is 0 Å². The molecule has 0 spiro atoms. The molecule has 6 nitrogen and oxygen atoms in total. The van der Waals surface area contributed by atoms with Gasteiger partial charge in [-0.25, -0.2) is 30.0 Å². The summed E-state index contributed by atoms with van der Waals surface area (Å²) in [5, 5.41) is 18.4. The summed E-state index contributed by atoms with van der Waals surface area (Å²) in [5.74, 6) is 0. The maximum Gasteiger partial charge on any atom is 0.0979 e. The summed E-state index contributed by atoms with van der Waals surface area (Å²) in [6.07, 6.45) is 0. The highest BCUT2D eigenvalue weighted by molar-refractivity contribution is 5.80. The lowest BCUT2D eigenvalue weighted by molar-refractivity contribution is 1.33. The smallest absolute Gasteiger partial charge is 0.0979 e. The number of nitrogens with zero attached hydrogens (tertiary/aromatic N) is 6. The molecule has 0 atom stereocenters. The lowest BCUT2D eigenvalue weighted by Crippen LogP contribution is -1.99. The van der Waals surface area contributed by atoms with E-state index in [1.54, 1.807) is 0 Å². The van der Waals surface area contributed by atoms with Crippen LogP contribution < -0.4 is 32.1 Å². The van der Waals surface area contributed by atoms with Crippen molar-refractivity contribution in [1.29, 1.82) is 0 Å². The zero-order valence-corrected chi connectivity index (χ0v) is 32.0. The predicted octanol–water partition coefficient (Wildman–Crippen LogP) is 8.75. The molecule has 6 aliphatic rings. The molecule has 0 unspecified atom stereocenters. The molecule has 276 valence electrons. The first-order valence-corrected chi connectivity index (χ1v) is 20.1. The van der Waals surface area contributed by atoms with E-state index in [1.807, 2.05) is 36.4 Å². The van der Waals surface area contributed by atoms with Crippen molar-refractivity contribution in [3.63, 3.8) is 0 Å². The molecule has 9 aromatic carbocycles. The molecule has 0 aromatic heterocycles. The third-order valence-electron chi connectivity index (χ3n) is 12.0. The van der Waals surface area contributed by atoms with Gasteiger partial charge in [0.1, 0.15) is 0 Å². The number of hydrogen-bond donors (Lipinski definition) is 0. The molecule has 6 heterocycles. The molecule has 9 aromatic rings. The van der Waals surface area contributed by atoms with Gasteiger partial charge in [-0.15, -0.1) is 0 Å². The van der Waals surface area contributed by atoms with Gasteiger partial charge in [0.2, 0.25) is 0 Å². The maximum atomic E-state index is 4.78. The molecule has 0 saturated carbocycles. The fourth-order valence-corrected chi connectivity index (χ4v) is 9.27. The zero-order valence-electron chi connectivity index (χ0n) is 32.0. The van der Waals surface area contributed by atoms with Crippen LogP contribution in [0.15, 0.2) is 212 Å². The summed E-state index contributed by atoms with van der Waals surface area (Å²) < 4.78 is 0. The van der Waals surface area contributed by atoms with Crippen molar-refractivity contribution < 1.29 is 0 Å². The molecular weight excluding hydrogens is 733 g/mol. The molecule has 0 aliphatic carbocycles. The highest BCUT2D eigenvalue weighted by atomic mass is 14.8. The van der Waals surface area contributed by atoms with Gasteiger partial charge in [0.05, 0.1) is 66.3 Å². The average Bonchev–Trinajstić information content (AvgIpc) is 4.15. The summed E-state index contributed by atoms with van der Waals surface area (Å²) in [7, 11) is 0. The Labute approximate surface area is 340 Å². The monoisotopic (exact) mass is 762 g/mol. The van der Waals surface area contributed by atoms with Crippen LogP contribution in [0.25, 0.3) is 11.1 Å². The number of rotatable bonds is 0. The molecule has 0 bridgehead atoms. The molecule has 15 rings (SSSR count). The highest BCUT2D eigenvalue weighted by Crippen LogP contribution is 2.35. The Hall–Kier alpha value is -8.22. The van der Waals surface area contributed by atoms with E-state index in [4.69, 9.17) is 30.0 Å². The third-order valence-corrected chi connectivity index (χ3v) is 12.0. The fraction of sp³-hybridized carbons (Fsp3) is 0. The van der Waals surface area contributed by atoms with Gasteiger partial charge in [0.15, 0.2) is 0 Å². The van der Waals surface area contributed by atoms with Gasteiger partial charge >= 0.3 is 0 Å². The molecule has 0 fully saturated rings. The Bertz CT molecular complexity index is 4190. The number of para-hydroxylation sites is 6. The van der Waals surface area contributed by atoms with Gasteiger partial charge in [-0.05, 0) is 60.7 Å². The SMILES string of the molecule is c1ccc2c(c1)=Nc1c3c(ccc1=2)=c1ccccc1=N3.c1ccc2c(c1)=Nc1ccc3c(c1=2)=c1ccccc1=N3.c1ccc2c(c1)N=c1cc3c(cc1-2)=c1ccccc1=N3. The summed E-state index contributed by atoms with van der Waals surface area (Å²) >= 11 is 0.